The third-order valence-corrected chi connectivity index (χ3v) is 3.86. The summed E-state index contributed by atoms with van der Waals surface area (Å²) in [6, 6.07) is 1.22. The molecule has 0 radical (unpaired) electrons. The lowest BCUT2D eigenvalue weighted by atomic mass is 9.94. The first-order chi connectivity index (χ1) is 9.62. The van der Waals surface area contributed by atoms with E-state index < -0.39 is 22.4 Å². The number of aromatic hydroxyl groups is 1. The molecule has 0 aliphatic carbocycles. The SMILES string of the molecule is CC1(C)CN2C(=O)c3c(O)c(=O)ccn3NC2C(C)(C)O1. The summed E-state index contributed by atoms with van der Waals surface area (Å²) in [5, 5.41) is 9.91. The van der Waals surface area contributed by atoms with Crippen molar-refractivity contribution in [3.05, 3.63) is 28.2 Å². The van der Waals surface area contributed by atoms with E-state index in [1.165, 1.54) is 16.9 Å². The molecule has 0 aromatic carbocycles. The predicted octanol–water partition coefficient (Wildman–Crippen LogP) is 0.467. The Morgan fingerprint density at radius 1 is 1.33 bits per heavy atom. The number of fused-ring (bicyclic) bond motifs is 2. The summed E-state index contributed by atoms with van der Waals surface area (Å²) in [5.74, 6) is -0.908. The highest BCUT2D eigenvalue weighted by Crippen LogP contribution is 2.36. The van der Waals surface area contributed by atoms with Gasteiger partial charge in [0.25, 0.3) is 5.91 Å². The molecule has 7 heteroatoms. The Hall–Kier alpha value is -2.02. The van der Waals surface area contributed by atoms with E-state index in [1.54, 1.807) is 4.90 Å². The molecule has 1 unspecified atom stereocenters. The van der Waals surface area contributed by atoms with E-state index in [0.29, 0.717) is 6.54 Å². The third kappa shape index (κ3) is 1.99. The lowest BCUT2D eigenvalue weighted by Gasteiger charge is -2.54. The van der Waals surface area contributed by atoms with Crippen LogP contribution in [0, 0.1) is 0 Å². The Bertz CT molecular complexity index is 677. The van der Waals surface area contributed by atoms with Gasteiger partial charge in [0.1, 0.15) is 11.8 Å². The van der Waals surface area contributed by atoms with Gasteiger partial charge in [-0.3, -0.25) is 14.3 Å². The van der Waals surface area contributed by atoms with E-state index in [2.05, 4.69) is 5.43 Å². The van der Waals surface area contributed by atoms with Crippen LogP contribution in [0.5, 0.6) is 5.75 Å². The number of hydrogen-bond donors (Lipinski definition) is 2. The molecule has 3 rings (SSSR count). The molecule has 0 spiro atoms. The van der Waals surface area contributed by atoms with Gasteiger partial charge in [0.15, 0.2) is 11.4 Å². The van der Waals surface area contributed by atoms with Crippen LogP contribution >= 0.6 is 0 Å². The largest absolute Gasteiger partial charge is 0.502 e. The zero-order valence-electron chi connectivity index (χ0n) is 12.5. The minimum absolute atomic E-state index is 0.0350. The second-order valence-electron chi connectivity index (χ2n) is 6.68. The first-order valence-corrected chi connectivity index (χ1v) is 6.85. The van der Waals surface area contributed by atoms with Crippen molar-refractivity contribution in [3.63, 3.8) is 0 Å². The van der Waals surface area contributed by atoms with Crippen LogP contribution in [0.4, 0.5) is 0 Å². The number of carbonyl (C=O) groups is 1. The average Bonchev–Trinajstić information content (AvgIpc) is 2.34. The average molecular weight is 293 g/mol. The number of rotatable bonds is 0. The van der Waals surface area contributed by atoms with E-state index in [4.69, 9.17) is 4.74 Å². The van der Waals surface area contributed by atoms with Crippen LogP contribution in [0.1, 0.15) is 38.2 Å². The van der Waals surface area contributed by atoms with Crippen molar-refractivity contribution < 1.29 is 14.6 Å². The number of hydrogen-bond acceptors (Lipinski definition) is 5. The third-order valence-electron chi connectivity index (χ3n) is 3.86. The predicted molar refractivity (Wildman–Crippen MR) is 75.8 cm³/mol. The van der Waals surface area contributed by atoms with Gasteiger partial charge in [-0.2, -0.15) is 0 Å². The fourth-order valence-corrected chi connectivity index (χ4v) is 3.20. The standard InChI is InChI=1S/C14H19N3O4/c1-13(2)7-16-11(20)9-10(19)8(18)5-6-17(9)15-12(16)14(3,4)21-13/h5-6,12,15,19H,7H2,1-4H3. The molecule has 2 aliphatic rings. The molecule has 1 aromatic heterocycles. The van der Waals surface area contributed by atoms with Gasteiger partial charge in [-0.15, -0.1) is 0 Å². The number of pyridine rings is 1. The van der Waals surface area contributed by atoms with Gasteiger partial charge in [-0.1, -0.05) is 0 Å². The molecule has 7 nitrogen and oxygen atoms in total. The first kappa shape index (κ1) is 13.9. The van der Waals surface area contributed by atoms with Crippen molar-refractivity contribution in [1.82, 2.24) is 9.58 Å². The number of ether oxygens (including phenoxy) is 1. The summed E-state index contributed by atoms with van der Waals surface area (Å²) in [6.07, 6.45) is 1.06. The summed E-state index contributed by atoms with van der Waals surface area (Å²) in [4.78, 5) is 25.9. The normalized spacial score (nSPS) is 25.8. The summed E-state index contributed by atoms with van der Waals surface area (Å²) in [5.41, 5.74) is 1.39. The smallest absolute Gasteiger partial charge is 0.278 e. The van der Waals surface area contributed by atoms with Crippen molar-refractivity contribution >= 4 is 5.91 Å². The second kappa shape index (κ2) is 4.00. The van der Waals surface area contributed by atoms with Crippen LogP contribution in [0.25, 0.3) is 0 Å². The second-order valence-corrected chi connectivity index (χ2v) is 6.68. The molecule has 1 atom stereocenters. The number of carbonyl (C=O) groups excluding carboxylic acids is 1. The summed E-state index contributed by atoms with van der Waals surface area (Å²) >= 11 is 0. The highest BCUT2D eigenvalue weighted by atomic mass is 16.5. The summed E-state index contributed by atoms with van der Waals surface area (Å²) in [7, 11) is 0. The van der Waals surface area contributed by atoms with Gasteiger partial charge >= 0.3 is 0 Å². The van der Waals surface area contributed by atoms with Gasteiger partial charge < -0.3 is 20.2 Å². The maximum absolute atomic E-state index is 12.7. The topological polar surface area (TPSA) is 83.8 Å². The van der Waals surface area contributed by atoms with E-state index in [-0.39, 0.29) is 17.8 Å². The fourth-order valence-electron chi connectivity index (χ4n) is 3.20. The lowest BCUT2D eigenvalue weighted by molar-refractivity contribution is -0.196. The van der Waals surface area contributed by atoms with Crippen molar-refractivity contribution in [2.45, 2.75) is 45.1 Å². The highest BCUT2D eigenvalue weighted by Gasteiger charge is 2.51. The first-order valence-electron chi connectivity index (χ1n) is 6.85. The molecule has 3 heterocycles. The Morgan fingerprint density at radius 2 is 2.00 bits per heavy atom. The van der Waals surface area contributed by atoms with E-state index in [1.807, 2.05) is 27.7 Å². The quantitative estimate of drug-likeness (QED) is 0.726. The van der Waals surface area contributed by atoms with Crippen LogP contribution in [-0.2, 0) is 4.74 Å². The van der Waals surface area contributed by atoms with Crippen molar-refractivity contribution in [2.24, 2.45) is 0 Å². The van der Waals surface area contributed by atoms with Crippen LogP contribution < -0.4 is 10.9 Å². The minimum atomic E-state index is -0.617. The zero-order chi connectivity index (χ0) is 15.6. The Labute approximate surface area is 122 Å². The molecule has 0 bridgehead atoms. The minimum Gasteiger partial charge on any atom is -0.502 e. The summed E-state index contributed by atoms with van der Waals surface area (Å²) < 4.78 is 7.45. The number of nitrogens with zero attached hydrogens (tertiary/aromatic N) is 2. The van der Waals surface area contributed by atoms with Gasteiger partial charge in [0, 0.05) is 12.3 Å². The monoisotopic (exact) mass is 293 g/mol. The van der Waals surface area contributed by atoms with Gasteiger partial charge in [-0.05, 0) is 27.7 Å². The molecule has 1 amide bonds. The van der Waals surface area contributed by atoms with Crippen LogP contribution in [-0.4, -0.2) is 44.5 Å². The summed E-state index contributed by atoms with van der Waals surface area (Å²) in [6.45, 7) is 7.99. The van der Waals surface area contributed by atoms with E-state index in [0.717, 1.165) is 0 Å². The Morgan fingerprint density at radius 3 is 2.67 bits per heavy atom. The molecule has 2 N–H and O–H groups in total. The number of aromatic nitrogens is 1. The molecular weight excluding hydrogens is 274 g/mol. The van der Waals surface area contributed by atoms with Gasteiger partial charge in [0.05, 0.1) is 12.1 Å². The van der Waals surface area contributed by atoms with Crippen LogP contribution in [0.2, 0.25) is 0 Å². The molecule has 1 fully saturated rings. The number of nitrogens with one attached hydrogen (secondary N) is 1. The molecule has 2 aliphatic heterocycles. The number of amides is 1. The van der Waals surface area contributed by atoms with Gasteiger partial charge in [0.2, 0.25) is 5.43 Å². The van der Waals surface area contributed by atoms with Gasteiger partial charge in [-0.25, -0.2) is 0 Å². The molecular formula is C14H19N3O4. The maximum atomic E-state index is 12.7. The molecule has 21 heavy (non-hydrogen) atoms. The fraction of sp³-hybridized carbons (Fsp3) is 0.571. The Balaban J connectivity index is 2.14. The maximum Gasteiger partial charge on any atom is 0.278 e. The van der Waals surface area contributed by atoms with E-state index in [9.17, 15) is 14.7 Å². The van der Waals surface area contributed by atoms with E-state index >= 15 is 0 Å². The number of morpholine rings is 1. The molecule has 1 saturated heterocycles. The van der Waals surface area contributed by atoms with Crippen molar-refractivity contribution in [1.29, 1.82) is 0 Å². The van der Waals surface area contributed by atoms with Crippen LogP contribution in [0.15, 0.2) is 17.1 Å². The van der Waals surface area contributed by atoms with Crippen molar-refractivity contribution in [2.75, 3.05) is 12.0 Å². The van der Waals surface area contributed by atoms with Crippen LogP contribution in [0.3, 0.4) is 0 Å². The molecule has 114 valence electrons. The van der Waals surface area contributed by atoms with Crippen molar-refractivity contribution in [3.8, 4) is 5.75 Å². The highest BCUT2D eigenvalue weighted by molar-refractivity contribution is 5.96. The zero-order valence-corrected chi connectivity index (χ0v) is 12.5. The Kier molecular flexibility index (Phi) is 2.66. The lowest BCUT2D eigenvalue weighted by Crippen LogP contribution is -2.70. The molecule has 0 saturated carbocycles. The molecule has 1 aromatic rings.